The van der Waals surface area contributed by atoms with Crippen LogP contribution in [-0.4, -0.2) is 226 Å². The fraction of sp³-hybridized carbons (Fsp3) is 0.806. The number of Topliss-reactive ketones (excluding diaryl/α,β-unsaturated/α-hetero) is 1. The molecule has 8 N–H and O–H groups in total. The van der Waals surface area contributed by atoms with Crippen LogP contribution in [0.15, 0.2) is 48.1 Å². The summed E-state index contributed by atoms with van der Waals surface area (Å²) in [5.41, 5.74) is -3.24. The van der Waals surface area contributed by atoms with Gasteiger partial charge in [0.25, 0.3) is 0 Å². The maximum absolute atomic E-state index is 13.6. The van der Waals surface area contributed by atoms with Gasteiger partial charge in [0.1, 0.15) is 71.9 Å². The smallest absolute Gasteiger partial charge is 0.331 e. The zero-order chi connectivity index (χ0) is 61.1. The van der Waals surface area contributed by atoms with E-state index in [0.29, 0.717) is 25.7 Å². The lowest BCUT2D eigenvalue weighted by molar-refractivity contribution is -0.358. The first-order valence-corrected chi connectivity index (χ1v) is 30.6. The molecule has 0 unspecified atom stereocenters. The number of methoxy groups -OCH3 is 2. The maximum Gasteiger partial charge on any atom is 0.331 e. The standard InChI is InChI=1S/C62H92O23/c1-30(64)38-19-22-62(72)60(38,7)45(81-46(67)16-15-35-13-11-10-12-14-35)28-44-59(6)20-18-37(23-36(59)17-21-61(44,62)71)79-47-24-39(65)54(31(2)75-47)82-49-26-41(73-8)56(33(4)77-49)84-48-25-40(66)55(32(3)76-48)83-50-27-42(74-9)57(34(5)78-50)85-58-53(70)52(69)51(68)43(29-63)80-58/h10-17,31-34,37-45,47-58,63,65-66,68-72H,18-29H2,1-9H3/b16-15+/t31-,32-,33-,34-,37+,38+,39+,40+,41-,42+,43-,44-,45-,47+,48+,49+,50+,51-,52+,53-,54-,55-,56-,57-,58+,59+,60+,61+,62-/m1/s1. The summed E-state index contributed by atoms with van der Waals surface area (Å²) in [5, 5.41) is 89.8. The molecule has 23 heteroatoms. The predicted molar refractivity (Wildman–Crippen MR) is 297 cm³/mol. The minimum Gasteiger partial charge on any atom is -0.458 e. The number of rotatable bonds is 17. The molecule has 0 aromatic heterocycles. The van der Waals surface area contributed by atoms with Crippen molar-refractivity contribution in [3.05, 3.63) is 53.6 Å². The third-order valence-electron chi connectivity index (χ3n) is 20.9. The van der Waals surface area contributed by atoms with Crippen molar-refractivity contribution in [2.45, 2.75) is 272 Å². The third kappa shape index (κ3) is 12.4. The molecule has 9 aliphatic rings. The van der Waals surface area contributed by atoms with E-state index in [1.165, 1.54) is 20.1 Å². The van der Waals surface area contributed by atoms with Crippen molar-refractivity contribution in [3.8, 4) is 0 Å². The summed E-state index contributed by atoms with van der Waals surface area (Å²) in [7, 11) is 3.04. The van der Waals surface area contributed by atoms with Crippen molar-refractivity contribution in [2.24, 2.45) is 22.7 Å². The largest absolute Gasteiger partial charge is 0.458 e. The summed E-state index contributed by atoms with van der Waals surface area (Å²) in [6.45, 7) is 11.9. The molecule has 1 aromatic rings. The Morgan fingerprint density at radius 2 is 1.20 bits per heavy atom. The second-order valence-corrected chi connectivity index (χ2v) is 25.9. The first kappa shape index (κ1) is 65.0. The van der Waals surface area contributed by atoms with Gasteiger partial charge in [0, 0.05) is 63.2 Å². The Balaban J connectivity index is 0.703. The van der Waals surface area contributed by atoms with Crippen LogP contribution in [0.25, 0.3) is 6.08 Å². The summed E-state index contributed by atoms with van der Waals surface area (Å²) in [6.07, 6.45) is -12.2. The summed E-state index contributed by atoms with van der Waals surface area (Å²) in [5.74, 6) is -1.81. The van der Waals surface area contributed by atoms with E-state index in [-0.39, 0.29) is 56.8 Å². The molecule has 5 aliphatic heterocycles. The van der Waals surface area contributed by atoms with Gasteiger partial charge in [0.15, 0.2) is 31.5 Å². The molecule has 8 fully saturated rings. The Morgan fingerprint density at radius 1 is 0.659 bits per heavy atom. The minimum atomic E-state index is -1.72. The van der Waals surface area contributed by atoms with Crippen molar-refractivity contribution >= 4 is 17.8 Å². The Morgan fingerprint density at radius 3 is 1.75 bits per heavy atom. The third-order valence-corrected chi connectivity index (χ3v) is 20.9. The Kier molecular flexibility index (Phi) is 20.0. The normalized spacial score (nSPS) is 49.3. The van der Waals surface area contributed by atoms with E-state index in [1.807, 2.05) is 57.2 Å². The molecule has 1 aromatic carbocycles. The molecule has 3 saturated carbocycles. The molecule has 5 saturated heterocycles. The van der Waals surface area contributed by atoms with Crippen LogP contribution in [0, 0.1) is 22.7 Å². The number of hydrogen-bond acceptors (Lipinski definition) is 23. The monoisotopic (exact) mass is 1200 g/mol. The molecule has 10 rings (SSSR count). The molecule has 0 amide bonds. The summed E-state index contributed by atoms with van der Waals surface area (Å²) < 4.78 is 80.7. The van der Waals surface area contributed by atoms with Crippen LogP contribution in [0.3, 0.4) is 0 Å². The quantitative estimate of drug-likeness (QED) is 0.0631. The second kappa shape index (κ2) is 26.1. The van der Waals surface area contributed by atoms with Gasteiger partial charge in [-0.15, -0.1) is 0 Å². The van der Waals surface area contributed by atoms with Crippen molar-refractivity contribution in [1.82, 2.24) is 0 Å². The van der Waals surface area contributed by atoms with Gasteiger partial charge in [-0.2, -0.15) is 0 Å². The van der Waals surface area contributed by atoms with E-state index in [4.69, 9.17) is 61.6 Å². The number of ketones is 1. The first-order valence-electron chi connectivity index (χ1n) is 30.6. The van der Waals surface area contributed by atoms with Gasteiger partial charge in [-0.3, -0.25) is 4.79 Å². The van der Waals surface area contributed by atoms with Crippen molar-refractivity contribution < 1.29 is 112 Å². The van der Waals surface area contributed by atoms with Gasteiger partial charge in [0.2, 0.25) is 0 Å². The molecule has 23 nitrogen and oxygen atoms in total. The van der Waals surface area contributed by atoms with Gasteiger partial charge in [-0.1, -0.05) is 55.8 Å². The lowest BCUT2D eigenvalue weighted by atomic mass is 9.43. The Bertz CT molecular complexity index is 2480. The highest BCUT2D eigenvalue weighted by Gasteiger charge is 2.77. The van der Waals surface area contributed by atoms with E-state index < -0.39 is 182 Å². The number of carbonyl (C=O) groups is 2. The van der Waals surface area contributed by atoms with E-state index in [1.54, 1.807) is 27.0 Å². The average molecular weight is 1210 g/mol. The molecule has 0 bridgehead atoms. The van der Waals surface area contributed by atoms with Crippen LogP contribution in [0.5, 0.6) is 0 Å². The predicted octanol–water partition coefficient (Wildman–Crippen LogP) is 2.64. The fourth-order valence-corrected chi connectivity index (χ4v) is 16.2. The Labute approximate surface area is 497 Å². The molecule has 4 aliphatic carbocycles. The van der Waals surface area contributed by atoms with Crippen molar-refractivity contribution in [3.63, 3.8) is 0 Å². The number of carbonyl (C=O) groups excluding carboxylic acids is 2. The van der Waals surface area contributed by atoms with Gasteiger partial charge in [-0.05, 0) is 96.6 Å². The molecular weight excluding hydrogens is 1110 g/mol. The second-order valence-electron chi connectivity index (χ2n) is 25.9. The molecule has 478 valence electrons. The van der Waals surface area contributed by atoms with E-state index in [9.17, 15) is 50.4 Å². The van der Waals surface area contributed by atoms with Gasteiger partial charge in [-0.25, -0.2) is 4.79 Å². The zero-order valence-electron chi connectivity index (χ0n) is 50.2. The van der Waals surface area contributed by atoms with Crippen LogP contribution in [0.4, 0.5) is 0 Å². The number of esters is 1. The number of ether oxygens (including phenoxy) is 13. The summed E-state index contributed by atoms with van der Waals surface area (Å²) in [6, 6.07) is 9.39. The van der Waals surface area contributed by atoms with Crippen molar-refractivity contribution in [1.29, 1.82) is 0 Å². The molecule has 85 heavy (non-hydrogen) atoms. The van der Waals surface area contributed by atoms with E-state index in [2.05, 4.69) is 6.92 Å². The minimum absolute atomic E-state index is 0.0439. The van der Waals surface area contributed by atoms with Gasteiger partial charge >= 0.3 is 5.97 Å². The zero-order valence-corrected chi connectivity index (χ0v) is 50.2. The lowest BCUT2D eigenvalue weighted by Gasteiger charge is -2.66. The number of fused-ring (bicyclic) bond motifs is 5. The number of hydrogen-bond donors (Lipinski definition) is 8. The first-order chi connectivity index (χ1) is 40.3. The van der Waals surface area contributed by atoms with Crippen LogP contribution in [0.1, 0.15) is 125 Å². The van der Waals surface area contributed by atoms with E-state index >= 15 is 0 Å². The topological polar surface area (TPSA) is 316 Å². The Hall–Kier alpha value is -2.96. The van der Waals surface area contributed by atoms with E-state index in [0.717, 1.165) is 11.1 Å². The fourth-order valence-electron chi connectivity index (χ4n) is 16.2. The number of aliphatic hydroxyl groups is 8. The summed E-state index contributed by atoms with van der Waals surface area (Å²) in [4.78, 5) is 26.9. The highest BCUT2D eigenvalue weighted by Crippen LogP contribution is 2.70. The van der Waals surface area contributed by atoms with Crippen LogP contribution >= 0.6 is 0 Å². The highest BCUT2D eigenvalue weighted by atomic mass is 16.8. The molecule has 29 atom stereocenters. The average Bonchev–Trinajstić information content (AvgIpc) is 1.65. The van der Waals surface area contributed by atoms with Crippen LogP contribution in [-0.2, 0) is 71.2 Å². The number of aliphatic hydroxyl groups excluding tert-OH is 6. The van der Waals surface area contributed by atoms with Gasteiger partial charge < -0.3 is 102 Å². The molecule has 0 radical (unpaired) electrons. The highest BCUT2D eigenvalue weighted by molar-refractivity contribution is 5.87. The van der Waals surface area contributed by atoms with Crippen LogP contribution in [0.2, 0.25) is 0 Å². The van der Waals surface area contributed by atoms with Gasteiger partial charge in [0.05, 0.1) is 61.5 Å². The summed E-state index contributed by atoms with van der Waals surface area (Å²) >= 11 is 0. The number of benzene rings is 1. The SMILES string of the molecule is CO[C@H]1C[C@H](O[C@H]2[C@@H](O)C[C@H](O[C@@H]3[C@@H](C)O[C@@H](O[C@H]4[C@@H](O)C[C@H](O[C@H]5CC[C@@]6(C)C(=CC[C@]7(O)[C@@H]6C[C@@H](OC(=O)/C=C/c6ccccc6)[C@]6(C)[C@H](C(C)=O)CC[C@@]67O)C5)O[C@@H]4C)C[C@H]3OC)O[C@@H]2C)O[C@H](C)[C@H]1O[C@@H]1O[C@H](CO)[C@@H](O)[C@H](O)[C@H]1O. The maximum atomic E-state index is 13.6. The lowest BCUT2D eigenvalue weighted by Crippen LogP contribution is -2.75. The van der Waals surface area contributed by atoms with Crippen LogP contribution < -0.4 is 0 Å². The van der Waals surface area contributed by atoms with Crippen molar-refractivity contribution in [2.75, 3.05) is 20.8 Å². The molecule has 5 heterocycles. The molecule has 0 spiro atoms. The molecular formula is C62H92O23.